The molecule has 18 heavy (non-hydrogen) atoms. The van der Waals surface area contributed by atoms with E-state index in [-0.39, 0.29) is 16.3 Å². The van der Waals surface area contributed by atoms with Crippen LogP contribution in [0, 0.1) is 0 Å². The van der Waals surface area contributed by atoms with Gasteiger partial charge in [0.05, 0.1) is 13.0 Å². The van der Waals surface area contributed by atoms with Gasteiger partial charge >= 0.3 is 0 Å². The summed E-state index contributed by atoms with van der Waals surface area (Å²) in [6.07, 6.45) is 0.359. The molecule has 3 nitrogen and oxygen atoms in total. The predicted octanol–water partition coefficient (Wildman–Crippen LogP) is 3.13. The van der Waals surface area contributed by atoms with Gasteiger partial charge < -0.3 is 10.1 Å². The van der Waals surface area contributed by atoms with Crippen LogP contribution in [0.25, 0.3) is 0 Å². The zero-order valence-electron chi connectivity index (χ0n) is 11.1. The van der Waals surface area contributed by atoms with Crippen LogP contribution in [0.3, 0.4) is 0 Å². The van der Waals surface area contributed by atoms with Gasteiger partial charge in [-0.2, -0.15) is 0 Å². The number of para-hydroxylation sites is 1. The standard InChI is InChI=1S/C14H20BrNO2/c1-11(15)14(2,3)16-13(17)9-10-18-12-7-5-4-6-8-12/h4-8,11H,9-10H2,1-3H3,(H,16,17). The molecule has 0 aliphatic heterocycles. The maximum absolute atomic E-state index is 11.7. The summed E-state index contributed by atoms with van der Waals surface area (Å²) in [5, 5.41) is 2.98. The minimum Gasteiger partial charge on any atom is -0.493 e. The average Bonchev–Trinajstić information content (AvgIpc) is 2.29. The number of carbonyl (C=O) groups is 1. The lowest BCUT2D eigenvalue weighted by atomic mass is 10.0. The minimum atomic E-state index is -0.260. The molecule has 0 radical (unpaired) electrons. The second-order valence-electron chi connectivity index (χ2n) is 4.80. The van der Waals surface area contributed by atoms with Crippen molar-refractivity contribution in [1.29, 1.82) is 0 Å². The SMILES string of the molecule is CC(Br)C(C)(C)NC(=O)CCOc1ccccc1. The molecule has 4 heteroatoms. The molecule has 0 heterocycles. The molecule has 1 rings (SSSR count). The first-order valence-electron chi connectivity index (χ1n) is 6.05. The van der Waals surface area contributed by atoms with Crippen molar-refractivity contribution in [2.75, 3.05) is 6.61 Å². The molecule has 0 spiro atoms. The van der Waals surface area contributed by atoms with Crippen molar-refractivity contribution in [1.82, 2.24) is 5.32 Å². The molecule has 100 valence electrons. The minimum absolute atomic E-state index is 0.00207. The number of benzene rings is 1. The Kier molecular flexibility index (Phi) is 5.66. The highest BCUT2D eigenvalue weighted by Crippen LogP contribution is 2.16. The summed E-state index contributed by atoms with van der Waals surface area (Å²) in [6, 6.07) is 9.50. The molecule has 1 atom stereocenters. The molecular weight excluding hydrogens is 294 g/mol. The lowest BCUT2D eigenvalue weighted by Gasteiger charge is -2.29. The number of hydrogen-bond acceptors (Lipinski definition) is 2. The number of rotatable bonds is 6. The van der Waals surface area contributed by atoms with Crippen LogP contribution < -0.4 is 10.1 Å². The van der Waals surface area contributed by atoms with E-state index in [1.807, 2.05) is 51.1 Å². The third-order valence-corrected chi connectivity index (χ3v) is 3.94. The van der Waals surface area contributed by atoms with Crippen LogP contribution in [0.4, 0.5) is 0 Å². The van der Waals surface area contributed by atoms with E-state index in [1.165, 1.54) is 0 Å². The first-order chi connectivity index (χ1) is 8.42. The number of alkyl halides is 1. The van der Waals surface area contributed by atoms with E-state index in [4.69, 9.17) is 4.74 Å². The van der Waals surface area contributed by atoms with Crippen molar-refractivity contribution in [2.24, 2.45) is 0 Å². The predicted molar refractivity (Wildman–Crippen MR) is 77.2 cm³/mol. The first-order valence-corrected chi connectivity index (χ1v) is 6.96. The Bertz CT molecular complexity index is 377. The summed E-state index contributed by atoms with van der Waals surface area (Å²) in [7, 11) is 0. The Balaban J connectivity index is 2.30. The maximum Gasteiger partial charge on any atom is 0.223 e. The summed E-state index contributed by atoms with van der Waals surface area (Å²) < 4.78 is 5.48. The molecule has 1 aromatic carbocycles. The van der Waals surface area contributed by atoms with Crippen molar-refractivity contribution in [3.8, 4) is 5.75 Å². The fraction of sp³-hybridized carbons (Fsp3) is 0.500. The van der Waals surface area contributed by atoms with Crippen molar-refractivity contribution in [2.45, 2.75) is 37.6 Å². The summed E-state index contributed by atoms with van der Waals surface area (Å²) in [4.78, 5) is 12.0. The van der Waals surface area contributed by atoms with Crippen LogP contribution in [0.2, 0.25) is 0 Å². The van der Waals surface area contributed by atoms with Crippen molar-refractivity contribution in [3.63, 3.8) is 0 Å². The zero-order valence-corrected chi connectivity index (χ0v) is 12.7. The highest BCUT2D eigenvalue weighted by molar-refractivity contribution is 9.09. The van der Waals surface area contributed by atoms with E-state index in [0.717, 1.165) is 5.75 Å². The second-order valence-corrected chi connectivity index (χ2v) is 6.17. The Morgan fingerprint density at radius 2 is 2.00 bits per heavy atom. The van der Waals surface area contributed by atoms with E-state index in [1.54, 1.807) is 0 Å². The second kappa shape index (κ2) is 6.78. The van der Waals surface area contributed by atoms with Crippen molar-refractivity contribution >= 4 is 21.8 Å². The van der Waals surface area contributed by atoms with Crippen LogP contribution >= 0.6 is 15.9 Å². The number of amides is 1. The third kappa shape index (κ3) is 5.08. The number of ether oxygens (including phenoxy) is 1. The molecule has 0 bridgehead atoms. The summed E-state index contributed by atoms with van der Waals surface area (Å²) in [6.45, 7) is 6.38. The Morgan fingerprint density at radius 1 is 1.39 bits per heavy atom. The van der Waals surface area contributed by atoms with Crippen LogP contribution in [0.1, 0.15) is 27.2 Å². The molecule has 1 aromatic rings. The van der Waals surface area contributed by atoms with Crippen molar-refractivity contribution in [3.05, 3.63) is 30.3 Å². The quantitative estimate of drug-likeness (QED) is 0.819. The van der Waals surface area contributed by atoms with Gasteiger partial charge in [-0.15, -0.1) is 0 Å². The molecule has 0 saturated carbocycles. The van der Waals surface area contributed by atoms with Gasteiger partial charge in [-0.25, -0.2) is 0 Å². The highest BCUT2D eigenvalue weighted by atomic mass is 79.9. The van der Waals surface area contributed by atoms with E-state index in [0.29, 0.717) is 13.0 Å². The van der Waals surface area contributed by atoms with Gasteiger partial charge in [0.2, 0.25) is 5.91 Å². The Hall–Kier alpha value is -1.03. The number of halogens is 1. The lowest BCUT2D eigenvalue weighted by Crippen LogP contribution is -2.49. The molecule has 1 amide bonds. The molecule has 0 saturated heterocycles. The lowest BCUT2D eigenvalue weighted by molar-refractivity contribution is -0.123. The molecule has 1 N–H and O–H groups in total. The third-order valence-electron chi connectivity index (χ3n) is 2.80. The van der Waals surface area contributed by atoms with E-state index >= 15 is 0 Å². The number of carbonyl (C=O) groups excluding carboxylic acids is 1. The highest BCUT2D eigenvalue weighted by Gasteiger charge is 2.25. The van der Waals surface area contributed by atoms with Gasteiger partial charge in [0.15, 0.2) is 0 Å². The van der Waals surface area contributed by atoms with Gasteiger partial charge in [-0.1, -0.05) is 41.1 Å². The zero-order chi connectivity index (χ0) is 13.6. The largest absolute Gasteiger partial charge is 0.493 e. The summed E-state index contributed by atoms with van der Waals surface area (Å²) >= 11 is 3.48. The average molecular weight is 314 g/mol. The first kappa shape index (κ1) is 15.0. The van der Waals surface area contributed by atoms with Gasteiger partial charge in [0.25, 0.3) is 0 Å². The number of nitrogens with one attached hydrogen (secondary N) is 1. The van der Waals surface area contributed by atoms with E-state index in [9.17, 15) is 4.79 Å². The van der Waals surface area contributed by atoms with E-state index in [2.05, 4.69) is 21.2 Å². The van der Waals surface area contributed by atoms with E-state index < -0.39 is 0 Å². The Morgan fingerprint density at radius 3 is 2.56 bits per heavy atom. The molecule has 0 aliphatic rings. The van der Waals surface area contributed by atoms with Gasteiger partial charge in [-0.3, -0.25) is 4.79 Å². The molecule has 1 unspecified atom stereocenters. The van der Waals surface area contributed by atoms with Gasteiger partial charge in [0.1, 0.15) is 5.75 Å². The van der Waals surface area contributed by atoms with Gasteiger partial charge in [0, 0.05) is 10.4 Å². The maximum atomic E-state index is 11.7. The molecule has 0 fully saturated rings. The van der Waals surface area contributed by atoms with Crippen molar-refractivity contribution < 1.29 is 9.53 Å². The Labute approximate surface area is 117 Å². The van der Waals surface area contributed by atoms with Crippen LogP contribution in [-0.2, 0) is 4.79 Å². The van der Waals surface area contributed by atoms with Crippen LogP contribution in [0.15, 0.2) is 30.3 Å². The fourth-order valence-corrected chi connectivity index (χ4v) is 1.41. The van der Waals surface area contributed by atoms with Crippen LogP contribution in [0.5, 0.6) is 5.75 Å². The fourth-order valence-electron chi connectivity index (χ4n) is 1.30. The number of hydrogen-bond donors (Lipinski definition) is 1. The molecule has 0 aliphatic carbocycles. The van der Waals surface area contributed by atoms with Crippen LogP contribution in [-0.4, -0.2) is 22.9 Å². The van der Waals surface area contributed by atoms with Gasteiger partial charge in [-0.05, 0) is 26.0 Å². The monoisotopic (exact) mass is 313 g/mol. The molecular formula is C14H20BrNO2. The summed E-state index contributed by atoms with van der Waals surface area (Å²) in [5.74, 6) is 0.792. The summed E-state index contributed by atoms with van der Waals surface area (Å²) in [5.41, 5.74) is -0.260. The molecule has 0 aromatic heterocycles. The topological polar surface area (TPSA) is 38.3 Å². The normalized spacial score (nSPS) is 12.9. The smallest absolute Gasteiger partial charge is 0.223 e.